The van der Waals surface area contributed by atoms with Crippen LogP contribution in [0.5, 0.6) is 0 Å². The minimum atomic E-state index is -0.817. The summed E-state index contributed by atoms with van der Waals surface area (Å²) in [6.07, 6.45) is 8.26. The Balaban J connectivity index is 1.50. The summed E-state index contributed by atoms with van der Waals surface area (Å²) >= 11 is 0. The van der Waals surface area contributed by atoms with E-state index in [1.165, 1.54) is 21.5 Å². The number of nitrogens with zero attached hydrogens (tertiary/aromatic N) is 1. The molecule has 4 aromatic carbocycles. The van der Waals surface area contributed by atoms with Crippen LogP contribution < -0.4 is 0 Å². The van der Waals surface area contributed by atoms with E-state index in [2.05, 4.69) is 60.7 Å². The number of carboxylic acids is 1. The number of benzene rings is 4. The molecule has 4 rings (SSSR count). The third-order valence-electron chi connectivity index (χ3n) is 5.83. The van der Waals surface area contributed by atoms with Gasteiger partial charge in [-0.05, 0) is 39.6 Å². The minimum absolute atomic E-state index is 0.552. The molecule has 4 aromatic rings. The Hall–Kier alpha value is -3.69. The van der Waals surface area contributed by atoms with Gasteiger partial charge in [0.15, 0.2) is 0 Å². The molecule has 160 valence electrons. The SMILES string of the molecule is CC(C(=O)O)N(C/C=C/c1cccc2ccccc12)C/C=C/c1cccc2ccccc12. The number of aliphatic carboxylic acids is 1. The highest BCUT2D eigenvalue weighted by molar-refractivity contribution is 5.91. The van der Waals surface area contributed by atoms with Crippen molar-refractivity contribution in [1.82, 2.24) is 4.90 Å². The normalized spacial score (nSPS) is 12.9. The van der Waals surface area contributed by atoms with E-state index in [9.17, 15) is 9.90 Å². The average molecular weight is 422 g/mol. The van der Waals surface area contributed by atoms with Crippen molar-refractivity contribution < 1.29 is 9.90 Å². The number of carbonyl (C=O) groups is 1. The molecule has 0 bridgehead atoms. The lowest BCUT2D eigenvalue weighted by Crippen LogP contribution is -2.39. The topological polar surface area (TPSA) is 40.5 Å². The summed E-state index contributed by atoms with van der Waals surface area (Å²) in [6, 6.07) is 28.5. The quantitative estimate of drug-likeness (QED) is 0.353. The molecule has 0 heterocycles. The van der Waals surface area contributed by atoms with Crippen molar-refractivity contribution in [2.24, 2.45) is 0 Å². The maximum atomic E-state index is 11.7. The molecule has 1 atom stereocenters. The zero-order valence-electron chi connectivity index (χ0n) is 18.2. The summed E-state index contributed by atoms with van der Waals surface area (Å²) in [7, 11) is 0. The van der Waals surface area contributed by atoms with E-state index in [1.54, 1.807) is 6.92 Å². The molecule has 0 aliphatic rings. The van der Waals surface area contributed by atoms with E-state index in [0.29, 0.717) is 13.1 Å². The van der Waals surface area contributed by atoms with Crippen molar-refractivity contribution in [3.05, 3.63) is 108 Å². The first-order chi connectivity index (χ1) is 15.6. The maximum absolute atomic E-state index is 11.7. The van der Waals surface area contributed by atoms with Crippen molar-refractivity contribution in [2.45, 2.75) is 13.0 Å². The lowest BCUT2D eigenvalue weighted by Gasteiger charge is -2.23. The lowest BCUT2D eigenvalue weighted by atomic mass is 10.0. The van der Waals surface area contributed by atoms with Gasteiger partial charge in [-0.15, -0.1) is 0 Å². The van der Waals surface area contributed by atoms with Crippen molar-refractivity contribution >= 4 is 39.7 Å². The first kappa shape index (κ1) is 21.5. The number of hydrogen-bond acceptors (Lipinski definition) is 2. The molecular weight excluding hydrogens is 394 g/mol. The van der Waals surface area contributed by atoms with E-state index in [4.69, 9.17) is 0 Å². The Labute approximate surface area is 188 Å². The summed E-state index contributed by atoms with van der Waals surface area (Å²) < 4.78 is 0. The molecule has 1 N–H and O–H groups in total. The molecule has 0 aromatic heterocycles. The first-order valence-corrected chi connectivity index (χ1v) is 10.9. The molecule has 0 aliphatic heterocycles. The van der Waals surface area contributed by atoms with Crippen LogP contribution in [0, 0.1) is 0 Å². The first-order valence-electron chi connectivity index (χ1n) is 10.9. The van der Waals surface area contributed by atoms with Gasteiger partial charge in [-0.1, -0.05) is 109 Å². The van der Waals surface area contributed by atoms with E-state index in [0.717, 1.165) is 11.1 Å². The second-order valence-electron chi connectivity index (χ2n) is 7.91. The Morgan fingerprint density at radius 1 is 0.750 bits per heavy atom. The molecule has 0 amide bonds. The molecule has 0 aliphatic carbocycles. The summed E-state index contributed by atoms with van der Waals surface area (Å²) in [5.74, 6) is -0.817. The number of rotatable bonds is 8. The van der Waals surface area contributed by atoms with Crippen molar-refractivity contribution in [3.8, 4) is 0 Å². The van der Waals surface area contributed by atoms with Gasteiger partial charge in [-0.2, -0.15) is 0 Å². The number of hydrogen-bond donors (Lipinski definition) is 1. The van der Waals surface area contributed by atoms with Gasteiger partial charge in [0.05, 0.1) is 0 Å². The average Bonchev–Trinajstić information content (AvgIpc) is 2.83. The predicted octanol–water partition coefficient (Wildman–Crippen LogP) is 6.49. The van der Waals surface area contributed by atoms with Gasteiger partial charge in [0, 0.05) is 13.1 Å². The van der Waals surface area contributed by atoms with E-state index >= 15 is 0 Å². The van der Waals surface area contributed by atoms with Gasteiger partial charge in [0.25, 0.3) is 0 Å². The lowest BCUT2D eigenvalue weighted by molar-refractivity contribution is -0.142. The fourth-order valence-corrected chi connectivity index (χ4v) is 3.97. The molecule has 1 unspecified atom stereocenters. The molecule has 32 heavy (non-hydrogen) atoms. The summed E-state index contributed by atoms with van der Waals surface area (Å²) in [4.78, 5) is 13.6. The summed E-state index contributed by atoms with van der Waals surface area (Å²) in [6.45, 7) is 2.84. The van der Waals surface area contributed by atoms with Crippen molar-refractivity contribution in [3.63, 3.8) is 0 Å². The van der Waals surface area contributed by atoms with Gasteiger partial charge in [0.2, 0.25) is 0 Å². The zero-order valence-corrected chi connectivity index (χ0v) is 18.2. The smallest absolute Gasteiger partial charge is 0.320 e. The van der Waals surface area contributed by atoms with E-state index < -0.39 is 12.0 Å². The predicted molar refractivity (Wildman–Crippen MR) is 135 cm³/mol. The largest absolute Gasteiger partial charge is 0.480 e. The van der Waals surface area contributed by atoms with Crippen LogP contribution >= 0.6 is 0 Å². The highest BCUT2D eigenvalue weighted by Gasteiger charge is 2.18. The number of carboxylic acid groups (broad SMARTS) is 1. The van der Waals surface area contributed by atoms with Crippen LogP contribution in [0.25, 0.3) is 33.7 Å². The summed E-state index contributed by atoms with van der Waals surface area (Å²) in [5, 5.41) is 14.4. The highest BCUT2D eigenvalue weighted by Crippen LogP contribution is 2.21. The number of fused-ring (bicyclic) bond motifs is 2. The van der Waals surface area contributed by atoms with Gasteiger partial charge in [-0.25, -0.2) is 0 Å². The third-order valence-corrected chi connectivity index (χ3v) is 5.83. The molecule has 0 spiro atoms. The van der Waals surface area contributed by atoms with Crippen LogP contribution in [0.15, 0.2) is 97.1 Å². The van der Waals surface area contributed by atoms with Gasteiger partial charge < -0.3 is 5.11 Å². The van der Waals surface area contributed by atoms with Crippen LogP contribution in [-0.2, 0) is 4.79 Å². The Morgan fingerprint density at radius 2 is 1.19 bits per heavy atom. The van der Waals surface area contributed by atoms with Gasteiger partial charge in [-0.3, -0.25) is 9.69 Å². The zero-order chi connectivity index (χ0) is 22.3. The molecule has 3 nitrogen and oxygen atoms in total. The van der Waals surface area contributed by atoms with Crippen LogP contribution in [0.3, 0.4) is 0 Å². The molecule has 0 saturated carbocycles. The van der Waals surface area contributed by atoms with Crippen LogP contribution in [0.1, 0.15) is 18.1 Å². The third kappa shape index (κ3) is 4.96. The van der Waals surface area contributed by atoms with E-state index in [-0.39, 0.29) is 0 Å². The van der Waals surface area contributed by atoms with Crippen LogP contribution in [-0.4, -0.2) is 35.1 Å². The van der Waals surface area contributed by atoms with Gasteiger partial charge >= 0.3 is 5.97 Å². The maximum Gasteiger partial charge on any atom is 0.320 e. The molecule has 0 fully saturated rings. The fourth-order valence-electron chi connectivity index (χ4n) is 3.97. The molecule has 0 radical (unpaired) electrons. The standard InChI is InChI=1S/C29H27NO2/c1-22(29(31)32)30(20-8-16-25-14-6-12-23-10-2-4-18-27(23)25)21-9-17-26-15-7-13-24-11-3-5-19-28(24)26/h2-19,22H,20-21H2,1H3,(H,31,32)/b16-8+,17-9+. The van der Waals surface area contributed by atoms with Crippen LogP contribution in [0.4, 0.5) is 0 Å². The Kier molecular flexibility index (Phi) is 6.78. The van der Waals surface area contributed by atoms with Crippen molar-refractivity contribution in [1.29, 1.82) is 0 Å². The fraction of sp³-hybridized carbons (Fsp3) is 0.138. The second-order valence-corrected chi connectivity index (χ2v) is 7.91. The Morgan fingerprint density at radius 3 is 1.66 bits per heavy atom. The highest BCUT2D eigenvalue weighted by atomic mass is 16.4. The minimum Gasteiger partial charge on any atom is -0.480 e. The van der Waals surface area contributed by atoms with Crippen molar-refractivity contribution in [2.75, 3.05) is 13.1 Å². The molecular formula is C29H27NO2. The Bertz CT molecular complexity index is 1190. The summed E-state index contributed by atoms with van der Waals surface area (Å²) in [5.41, 5.74) is 2.27. The van der Waals surface area contributed by atoms with Gasteiger partial charge in [0.1, 0.15) is 6.04 Å². The second kappa shape index (κ2) is 10.1. The molecule has 0 saturated heterocycles. The monoisotopic (exact) mass is 421 g/mol. The molecule has 3 heteroatoms. The van der Waals surface area contributed by atoms with E-state index in [1.807, 2.05) is 53.5 Å². The van der Waals surface area contributed by atoms with Crippen LogP contribution in [0.2, 0.25) is 0 Å².